The van der Waals surface area contributed by atoms with E-state index in [1.54, 1.807) is 11.3 Å². The van der Waals surface area contributed by atoms with Gasteiger partial charge in [0.15, 0.2) is 0 Å². The average Bonchev–Trinajstić information content (AvgIpc) is 2.74. The van der Waals surface area contributed by atoms with Crippen LogP contribution in [0.3, 0.4) is 0 Å². The van der Waals surface area contributed by atoms with Crippen LogP contribution in [0.2, 0.25) is 0 Å². The lowest BCUT2D eigenvalue weighted by Crippen LogP contribution is -2.35. The lowest BCUT2D eigenvalue weighted by Gasteiger charge is -2.25. The topological polar surface area (TPSA) is 49.2 Å². The minimum absolute atomic E-state index is 0.496. The molecule has 2 heterocycles. The first-order valence-corrected chi connectivity index (χ1v) is 7.29. The van der Waals surface area contributed by atoms with Gasteiger partial charge in [0.2, 0.25) is 0 Å². The Balaban J connectivity index is 2.03. The summed E-state index contributed by atoms with van der Waals surface area (Å²) in [6.45, 7) is 6.65. The van der Waals surface area contributed by atoms with Crippen LogP contribution >= 0.6 is 11.3 Å². The highest BCUT2D eigenvalue weighted by Gasteiger charge is 2.15. The molecule has 0 amide bonds. The van der Waals surface area contributed by atoms with E-state index in [2.05, 4.69) is 17.9 Å². The molecular formula is C13H19N3OS. The lowest BCUT2D eigenvalue weighted by atomic mass is 10.2. The van der Waals surface area contributed by atoms with Gasteiger partial charge in [0, 0.05) is 18.0 Å². The summed E-state index contributed by atoms with van der Waals surface area (Å²) in [5.74, 6) is 0. The van der Waals surface area contributed by atoms with E-state index in [4.69, 9.17) is 15.0 Å². The summed E-state index contributed by atoms with van der Waals surface area (Å²) in [6.07, 6.45) is 2.56. The molecule has 0 bridgehead atoms. The number of hydrogen-bond acceptors (Lipinski definition) is 5. The molecule has 2 rings (SSSR count). The molecule has 1 aliphatic heterocycles. The van der Waals surface area contributed by atoms with Crippen molar-refractivity contribution in [2.75, 3.05) is 26.3 Å². The summed E-state index contributed by atoms with van der Waals surface area (Å²) < 4.78 is 5.34. The molecule has 0 saturated carbocycles. The Morgan fingerprint density at radius 1 is 1.44 bits per heavy atom. The second kappa shape index (κ2) is 6.83. The van der Waals surface area contributed by atoms with E-state index in [1.807, 2.05) is 0 Å². The van der Waals surface area contributed by atoms with Crippen LogP contribution in [0.5, 0.6) is 0 Å². The van der Waals surface area contributed by atoms with Crippen LogP contribution in [0, 0.1) is 11.3 Å². The van der Waals surface area contributed by atoms with E-state index >= 15 is 0 Å². The van der Waals surface area contributed by atoms with Gasteiger partial charge in [-0.15, -0.1) is 11.3 Å². The van der Waals surface area contributed by atoms with E-state index in [9.17, 15) is 0 Å². The number of nitrogens with zero attached hydrogens (tertiary/aromatic N) is 3. The SMILES string of the molecule is CCCc1nc(CN2CCOCC2)sc1CC#N. The molecule has 1 aromatic rings. The summed E-state index contributed by atoms with van der Waals surface area (Å²) >= 11 is 1.70. The molecule has 0 N–H and O–H groups in total. The van der Waals surface area contributed by atoms with Crippen LogP contribution in [0.1, 0.15) is 28.9 Å². The molecular weight excluding hydrogens is 246 g/mol. The van der Waals surface area contributed by atoms with Gasteiger partial charge in [-0.2, -0.15) is 5.26 Å². The molecule has 0 radical (unpaired) electrons. The van der Waals surface area contributed by atoms with Crippen molar-refractivity contribution in [3.63, 3.8) is 0 Å². The van der Waals surface area contributed by atoms with Gasteiger partial charge >= 0.3 is 0 Å². The third-order valence-electron chi connectivity index (χ3n) is 3.01. The molecule has 5 heteroatoms. The molecule has 4 nitrogen and oxygen atoms in total. The maximum atomic E-state index is 8.84. The predicted octanol–water partition coefficient (Wildman–Crippen LogP) is 1.99. The van der Waals surface area contributed by atoms with E-state index < -0.39 is 0 Å². The highest BCUT2D eigenvalue weighted by Crippen LogP contribution is 2.22. The van der Waals surface area contributed by atoms with E-state index in [0.29, 0.717) is 6.42 Å². The van der Waals surface area contributed by atoms with Gasteiger partial charge in [0.05, 0.1) is 37.9 Å². The molecule has 1 saturated heterocycles. The Morgan fingerprint density at radius 2 is 2.22 bits per heavy atom. The third kappa shape index (κ3) is 3.52. The Bertz CT molecular complexity index is 418. The van der Waals surface area contributed by atoms with E-state index in [0.717, 1.165) is 61.3 Å². The molecule has 1 aromatic heterocycles. The zero-order chi connectivity index (χ0) is 12.8. The van der Waals surface area contributed by atoms with Crippen LogP contribution < -0.4 is 0 Å². The molecule has 1 aliphatic rings. The van der Waals surface area contributed by atoms with E-state index in [1.165, 1.54) is 0 Å². The van der Waals surface area contributed by atoms with Crippen molar-refractivity contribution in [3.05, 3.63) is 15.6 Å². The molecule has 0 aliphatic carbocycles. The fraction of sp³-hybridized carbons (Fsp3) is 0.692. The third-order valence-corrected chi connectivity index (χ3v) is 4.09. The summed E-state index contributed by atoms with van der Waals surface area (Å²) in [5.41, 5.74) is 1.13. The quantitative estimate of drug-likeness (QED) is 0.817. The second-order valence-electron chi connectivity index (χ2n) is 4.45. The monoisotopic (exact) mass is 265 g/mol. The Morgan fingerprint density at radius 3 is 2.89 bits per heavy atom. The normalized spacial score (nSPS) is 16.7. The van der Waals surface area contributed by atoms with Crippen molar-refractivity contribution in [1.29, 1.82) is 5.26 Å². The maximum Gasteiger partial charge on any atom is 0.107 e. The summed E-state index contributed by atoms with van der Waals surface area (Å²) in [5, 5.41) is 9.99. The van der Waals surface area contributed by atoms with Crippen LogP contribution in [0.4, 0.5) is 0 Å². The number of hydrogen-bond donors (Lipinski definition) is 0. The number of aromatic nitrogens is 1. The van der Waals surface area contributed by atoms with Crippen molar-refractivity contribution < 1.29 is 4.74 Å². The molecule has 0 spiro atoms. The smallest absolute Gasteiger partial charge is 0.107 e. The standard InChI is InChI=1S/C13H19N3OS/c1-2-3-11-12(4-5-14)18-13(15-11)10-16-6-8-17-9-7-16/h2-4,6-10H2,1H3. The molecule has 0 aromatic carbocycles. The van der Waals surface area contributed by atoms with E-state index in [-0.39, 0.29) is 0 Å². The van der Waals surface area contributed by atoms with Crippen molar-refractivity contribution in [2.24, 2.45) is 0 Å². The minimum atomic E-state index is 0.496. The van der Waals surface area contributed by atoms with Gasteiger partial charge in [-0.25, -0.2) is 4.98 Å². The highest BCUT2D eigenvalue weighted by molar-refractivity contribution is 7.11. The van der Waals surface area contributed by atoms with Crippen LogP contribution in [-0.4, -0.2) is 36.2 Å². The zero-order valence-corrected chi connectivity index (χ0v) is 11.6. The van der Waals surface area contributed by atoms with Gasteiger partial charge in [0.25, 0.3) is 0 Å². The first-order chi connectivity index (χ1) is 8.83. The van der Waals surface area contributed by atoms with Gasteiger partial charge in [-0.1, -0.05) is 13.3 Å². The van der Waals surface area contributed by atoms with Crippen molar-refractivity contribution in [3.8, 4) is 6.07 Å². The summed E-state index contributed by atoms with van der Waals surface area (Å²) in [4.78, 5) is 8.22. The molecule has 98 valence electrons. The minimum Gasteiger partial charge on any atom is -0.379 e. The Labute approximate surface area is 112 Å². The number of thiazole rings is 1. The van der Waals surface area contributed by atoms with Crippen LogP contribution in [-0.2, 0) is 24.1 Å². The predicted molar refractivity (Wildman–Crippen MR) is 71.5 cm³/mol. The molecule has 1 fully saturated rings. The fourth-order valence-electron chi connectivity index (χ4n) is 2.10. The van der Waals surface area contributed by atoms with Crippen LogP contribution in [0.25, 0.3) is 0 Å². The zero-order valence-electron chi connectivity index (χ0n) is 10.8. The highest BCUT2D eigenvalue weighted by atomic mass is 32.1. The number of rotatable bonds is 5. The van der Waals surface area contributed by atoms with Gasteiger partial charge in [0.1, 0.15) is 5.01 Å². The average molecular weight is 265 g/mol. The number of nitriles is 1. The first-order valence-electron chi connectivity index (χ1n) is 6.48. The number of ether oxygens (including phenoxy) is 1. The van der Waals surface area contributed by atoms with Gasteiger partial charge in [-0.3, -0.25) is 4.90 Å². The largest absolute Gasteiger partial charge is 0.379 e. The summed E-state index contributed by atoms with van der Waals surface area (Å²) in [6, 6.07) is 2.24. The number of morpholine rings is 1. The van der Waals surface area contributed by atoms with Gasteiger partial charge < -0.3 is 4.74 Å². The molecule has 18 heavy (non-hydrogen) atoms. The molecule has 0 unspecified atom stereocenters. The van der Waals surface area contributed by atoms with Crippen LogP contribution in [0.15, 0.2) is 0 Å². The second-order valence-corrected chi connectivity index (χ2v) is 5.62. The summed E-state index contributed by atoms with van der Waals surface area (Å²) in [7, 11) is 0. The first kappa shape index (κ1) is 13.5. The maximum absolute atomic E-state index is 8.84. The lowest BCUT2D eigenvalue weighted by molar-refractivity contribution is 0.0341. The molecule has 0 atom stereocenters. The van der Waals surface area contributed by atoms with Crippen molar-refractivity contribution >= 4 is 11.3 Å². The Kier molecular flexibility index (Phi) is 5.12. The van der Waals surface area contributed by atoms with Crippen molar-refractivity contribution in [1.82, 2.24) is 9.88 Å². The van der Waals surface area contributed by atoms with Crippen molar-refractivity contribution in [2.45, 2.75) is 32.7 Å². The fourth-order valence-corrected chi connectivity index (χ4v) is 3.19. The van der Waals surface area contributed by atoms with Gasteiger partial charge in [-0.05, 0) is 6.42 Å². The number of aryl methyl sites for hydroxylation is 1. The Hall–Kier alpha value is -0.960.